The highest BCUT2D eigenvalue weighted by atomic mass is 31.1. The molecular formula is C14H25O2P. The van der Waals surface area contributed by atoms with Gasteiger partial charge in [-0.2, -0.15) is 0 Å². The summed E-state index contributed by atoms with van der Waals surface area (Å²) in [5.74, 6) is -0.352. The molecule has 3 fully saturated rings. The molecule has 2 heterocycles. The molecule has 0 spiro atoms. The van der Waals surface area contributed by atoms with Crippen molar-refractivity contribution < 1.29 is 9.47 Å². The molecule has 0 N–H and O–H groups in total. The Bertz CT molecular complexity index is 279. The first-order valence-electron chi connectivity index (χ1n) is 7.13. The summed E-state index contributed by atoms with van der Waals surface area (Å²) in [6.07, 6.45) is 6.56. The highest BCUT2D eigenvalue weighted by Gasteiger charge is 2.56. The van der Waals surface area contributed by atoms with Crippen molar-refractivity contribution in [3.63, 3.8) is 0 Å². The minimum atomic E-state index is -0.352. The maximum atomic E-state index is 6.14. The second kappa shape index (κ2) is 4.18. The van der Waals surface area contributed by atoms with Gasteiger partial charge in [0.05, 0.1) is 12.2 Å². The van der Waals surface area contributed by atoms with Gasteiger partial charge in [0.1, 0.15) is 0 Å². The zero-order valence-electron chi connectivity index (χ0n) is 11.5. The van der Waals surface area contributed by atoms with Crippen LogP contribution in [0.25, 0.3) is 0 Å². The van der Waals surface area contributed by atoms with Crippen LogP contribution >= 0.6 is 7.92 Å². The molecule has 1 aliphatic carbocycles. The minimum absolute atomic E-state index is 0.107. The van der Waals surface area contributed by atoms with E-state index < -0.39 is 0 Å². The molecule has 2 aliphatic heterocycles. The summed E-state index contributed by atoms with van der Waals surface area (Å²) >= 11 is 0. The van der Waals surface area contributed by atoms with Crippen molar-refractivity contribution in [3.8, 4) is 0 Å². The zero-order chi connectivity index (χ0) is 12.2. The van der Waals surface area contributed by atoms with E-state index in [1.165, 1.54) is 25.7 Å². The Morgan fingerprint density at radius 2 is 1.41 bits per heavy atom. The molecule has 0 bridgehead atoms. The van der Waals surface area contributed by atoms with Gasteiger partial charge in [-0.3, -0.25) is 0 Å². The Hall–Kier alpha value is 0.350. The number of rotatable bonds is 1. The van der Waals surface area contributed by atoms with E-state index >= 15 is 0 Å². The van der Waals surface area contributed by atoms with E-state index in [-0.39, 0.29) is 13.7 Å². The van der Waals surface area contributed by atoms with Crippen LogP contribution < -0.4 is 0 Å². The van der Waals surface area contributed by atoms with Crippen molar-refractivity contribution in [2.24, 2.45) is 0 Å². The maximum Gasteiger partial charge on any atom is 0.163 e. The Morgan fingerprint density at radius 3 is 1.88 bits per heavy atom. The van der Waals surface area contributed by atoms with Gasteiger partial charge in [-0.25, -0.2) is 0 Å². The van der Waals surface area contributed by atoms with Crippen LogP contribution in [-0.4, -0.2) is 35.0 Å². The van der Waals surface area contributed by atoms with Gasteiger partial charge in [0.2, 0.25) is 0 Å². The fraction of sp³-hybridized carbons (Fsp3) is 1.00. The molecule has 0 aromatic rings. The molecule has 2 saturated heterocycles. The SMILES string of the molecule is C[C@H]1[C@H]2OC(C)(C)O[C@@H]2[C@H](C)P1C1CCCC1. The van der Waals surface area contributed by atoms with Gasteiger partial charge in [-0.15, -0.1) is 0 Å². The van der Waals surface area contributed by atoms with Gasteiger partial charge in [0.15, 0.2) is 5.79 Å². The standard InChI is InChI=1S/C14H25O2P/c1-9-12-13(16-14(3,4)15-12)10(2)17(9)11-7-5-6-8-11/h9-13H,5-8H2,1-4H3/t9-,10-,12+,13+/m0/s1. The van der Waals surface area contributed by atoms with Crippen LogP contribution in [0.15, 0.2) is 0 Å². The Balaban J connectivity index is 1.78. The van der Waals surface area contributed by atoms with Gasteiger partial charge < -0.3 is 9.47 Å². The molecular weight excluding hydrogens is 231 g/mol. The minimum Gasteiger partial charge on any atom is -0.344 e. The molecule has 0 radical (unpaired) electrons. The van der Waals surface area contributed by atoms with Crippen LogP contribution in [0, 0.1) is 0 Å². The summed E-state index contributed by atoms with van der Waals surface area (Å²) in [5, 5.41) is 0. The molecule has 3 rings (SSSR count). The van der Waals surface area contributed by atoms with E-state index in [0.717, 1.165) is 17.0 Å². The number of ether oxygens (including phenoxy) is 2. The monoisotopic (exact) mass is 256 g/mol. The zero-order valence-corrected chi connectivity index (χ0v) is 12.4. The van der Waals surface area contributed by atoms with E-state index in [1.807, 2.05) is 0 Å². The quantitative estimate of drug-likeness (QED) is 0.666. The molecule has 3 aliphatic rings. The summed E-state index contributed by atoms with van der Waals surface area (Å²) in [6, 6.07) is 0. The molecule has 0 amide bonds. The highest BCUT2D eigenvalue weighted by Crippen LogP contribution is 2.65. The fourth-order valence-corrected chi connectivity index (χ4v) is 8.31. The second-order valence-corrected chi connectivity index (χ2v) is 9.69. The molecule has 98 valence electrons. The average Bonchev–Trinajstić information content (AvgIpc) is 2.88. The highest BCUT2D eigenvalue weighted by molar-refractivity contribution is 7.60. The largest absolute Gasteiger partial charge is 0.344 e. The molecule has 3 heteroatoms. The lowest BCUT2D eigenvalue weighted by Crippen LogP contribution is -2.27. The van der Waals surface area contributed by atoms with Crippen LogP contribution in [0.3, 0.4) is 0 Å². The van der Waals surface area contributed by atoms with Crippen molar-refractivity contribution >= 4 is 7.92 Å². The summed E-state index contributed by atoms with van der Waals surface area (Å²) < 4.78 is 12.3. The van der Waals surface area contributed by atoms with Crippen LogP contribution in [-0.2, 0) is 9.47 Å². The number of hydrogen-bond donors (Lipinski definition) is 0. The Kier molecular flexibility index (Phi) is 3.05. The molecule has 17 heavy (non-hydrogen) atoms. The second-order valence-electron chi connectivity index (χ2n) is 6.43. The first-order chi connectivity index (χ1) is 7.99. The van der Waals surface area contributed by atoms with E-state index in [9.17, 15) is 0 Å². The van der Waals surface area contributed by atoms with Crippen LogP contribution in [0.1, 0.15) is 53.4 Å². The van der Waals surface area contributed by atoms with Crippen molar-refractivity contribution in [1.29, 1.82) is 0 Å². The summed E-state index contributed by atoms with van der Waals surface area (Å²) in [5.41, 5.74) is 2.46. The van der Waals surface area contributed by atoms with Crippen molar-refractivity contribution in [2.75, 3.05) is 0 Å². The lowest BCUT2D eigenvalue weighted by Gasteiger charge is -2.31. The van der Waals surface area contributed by atoms with E-state index in [4.69, 9.17) is 9.47 Å². The maximum absolute atomic E-state index is 6.14. The predicted molar refractivity (Wildman–Crippen MR) is 71.9 cm³/mol. The van der Waals surface area contributed by atoms with Crippen molar-refractivity contribution in [2.45, 2.75) is 88.4 Å². The Morgan fingerprint density at radius 1 is 0.941 bits per heavy atom. The normalized spacial score (nSPS) is 49.8. The molecule has 4 atom stereocenters. The average molecular weight is 256 g/mol. The van der Waals surface area contributed by atoms with Gasteiger partial charge in [-0.05, 0) is 32.3 Å². The summed E-state index contributed by atoms with van der Waals surface area (Å²) in [6.45, 7) is 8.94. The summed E-state index contributed by atoms with van der Waals surface area (Å²) in [7, 11) is 0.107. The van der Waals surface area contributed by atoms with Gasteiger partial charge in [-0.1, -0.05) is 34.6 Å². The third-order valence-corrected chi connectivity index (χ3v) is 8.63. The summed E-state index contributed by atoms with van der Waals surface area (Å²) in [4.78, 5) is 0. The van der Waals surface area contributed by atoms with E-state index in [1.54, 1.807) is 0 Å². The van der Waals surface area contributed by atoms with E-state index in [2.05, 4.69) is 27.7 Å². The molecule has 0 aromatic carbocycles. The van der Waals surface area contributed by atoms with Crippen LogP contribution in [0.4, 0.5) is 0 Å². The molecule has 2 nitrogen and oxygen atoms in total. The Labute approximate surface area is 106 Å². The van der Waals surface area contributed by atoms with Gasteiger partial charge >= 0.3 is 0 Å². The predicted octanol–water partition coefficient (Wildman–Crippen LogP) is 3.72. The number of fused-ring (bicyclic) bond motifs is 1. The van der Waals surface area contributed by atoms with Gasteiger partial charge in [0, 0.05) is 11.3 Å². The third-order valence-electron chi connectivity index (χ3n) is 4.80. The van der Waals surface area contributed by atoms with Crippen molar-refractivity contribution in [1.82, 2.24) is 0 Å². The van der Waals surface area contributed by atoms with E-state index in [0.29, 0.717) is 12.2 Å². The lowest BCUT2D eigenvalue weighted by atomic mass is 10.1. The first-order valence-corrected chi connectivity index (χ1v) is 8.67. The smallest absolute Gasteiger partial charge is 0.163 e. The third kappa shape index (κ3) is 1.97. The van der Waals surface area contributed by atoms with Crippen LogP contribution in [0.5, 0.6) is 0 Å². The topological polar surface area (TPSA) is 18.5 Å². The lowest BCUT2D eigenvalue weighted by molar-refractivity contribution is -0.147. The van der Waals surface area contributed by atoms with Gasteiger partial charge in [0.25, 0.3) is 0 Å². The molecule has 1 saturated carbocycles. The molecule has 0 unspecified atom stereocenters. The number of hydrogen-bond acceptors (Lipinski definition) is 2. The molecule has 0 aromatic heterocycles. The van der Waals surface area contributed by atoms with Crippen molar-refractivity contribution in [3.05, 3.63) is 0 Å². The first kappa shape index (κ1) is 12.4. The van der Waals surface area contributed by atoms with Crippen LogP contribution in [0.2, 0.25) is 0 Å². The fourth-order valence-electron chi connectivity index (χ4n) is 4.14.